The number of H-pyrrole nitrogens is 1. The minimum absolute atomic E-state index is 0.0345. The summed E-state index contributed by atoms with van der Waals surface area (Å²) in [5, 5.41) is 0. The number of nitrogens with one attached hydrogen (secondary N) is 1. The molecule has 1 atom stereocenters. The van der Waals surface area contributed by atoms with Crippen molar-refractivity contribution < 1.29 is 8.42 Å². The minimum atomic E-state index is -3.26. The zero-order valence-corrected chi connectivity index (χ0v) is 11.3. The molecule has 1 aromatic heterocycles. The van der Waals surface area contributed by atoms with Crippen molar-refractivity contribution >= 4 is 20.9 Å². The Morgan fingerprint density at radius 2 is 2.17 bits per heavy atom. The summed E-state index contributed by atoms with van der Waals surface area (Å²) in [5.74, 6) is 0.732. The van der Waals surface area contributed by atoms with Crippen LogP contribution in [0.5, 0.6) is 0 Å². The second-order valence-electron chi connectivity index (χ2n) is 4.48. The second kappa shape index (κ2) is 4.70. The predicted molar refractivity (Wildman–Crippen MR) is 71.2 cm³/mol. The SMILES string of the molecule is CCC(N)Cc1nc2c(S(C)(=O)=O)cccc2[nH]1. The van der Waals surface area contributed by atoms with Crippen LogP contribution in [0.1, 0.15) is 19.2 Å². The van der Waals surface area contributed by atoms with E-state index in [0.717, 1.165) is 17.8 Å². The zero-order chi connectivity index (χ0) is 13.3. The molecule has 98 valence electrons. The van der Waals surface area contributed by atoms with Gasteiger partial charge < -0.3 is 10.7 Å². The Kier molecular flexibility index (Phi) is 3.41. The highest BCUT2D eigenvalue weighted by molar-refractivity contribution is 7.91. The van der Waals surface area contributed by atoms with Gasteiger partial charge in [-0.3, -0.25) is 0 Å². The number of benzene rings is 1. The van der Waals surface area contributed by atoms with Gasteiger partial charge in [-0.05, 0) is 18.6 Å². The number of hydrogen-bond acceptors (Lipinski definition) is 4. The lowest BCUT2D eigenvalue weighted by Gasteiger charge is -2.04. The van der Waals surface area contributed by atoms with Gasteiger partial charge in [0.05, 0.1) is 10.4 Å². The number of aromatic amines is 1. The third-order valence-corrected chi connectivity index (χ3v) is 4.03. The van der Waals surface area contributed by atoms with Crippen LogP contribution in [0.3, 0.4) is 0 Å². The number of imidazole rings is 1. The first-order chi connectivity index (χ1) is 8.41. The van der Waals surface area contributed by atoms with Crippen LogP contribution in [0.4, 0.5) is 0 Å². The van der Waals surface area contributed by atoms with Crippen molar-refractivity contribution in [2.24, 2.45) is 5.73 Å². The van der Waals surface area contributed by atoms with Crippen molar-refractivity contribution in [3.8, 4) is 0 Å². The van der Waals surface area contributed by atoms with E-state index in [-0.39, 0.29) is 10.9 Å². The Morgan fingerprint density at radius 3 is 2.78 bits per heavy atom. The molecule has 0 radical (unpaired) electrons. The maximum atomic E-state index is 11.7. The summed E-state index contributed by atoms with van der Waals surface area (Å²) in [5.41, 5.74) is 7.10. The van der Waals surface area contributed by atoms with Gasteiger partial charge in [0.1, 0.15) is 11.3 Å². The molecule has 1 aromatic carbocycles. The van der Waals surface area contributed by atoms with Crippen LogP contribution in [0.2, 0.25) is 0 Å². The van der Waals surface area contributed by atoms with Crippen LogP contribution in [0, 0.1) is 0 Å². The highest BCUT2D eigenvalue weighted by Gasteiger charge is 2.15. The van der Waals surface area contributed by atoms with Crippen molar-refractivity contribution in [3.63, 3.8) is 0 Å². The largest absolute Gasteiger partial charge is 0.342 e. The van der Waals surface area contributed by atoms with Crippen LogP contribution in [-0.4, -0.2) is 30.7 Å². The summed E-state index contributed by atoms with van der Waals surface area (Å²) >= 11 is 0. The van der Waals surface area contributed by atoms with Gasteiger partial charge >= 0.3 is 0 Å². The van der Waals surface area contributed by atoms with Gasteiger partial charge in [0.15, 0.2) is 9.84 Å². The Bertz CT molecular complexity index is 661. The molecule has 0 fully saturated rings. The molecule has 0 saturated carbocycles. The number of para-hydroxylation sites is 1. The van der Waals surface area contributed by atoms with E-state index in [4.69, 9.17) is 5.73 Å². The molecular formula is C12H17N3O2S. The van der Waals surface area contributed by atoms with E-state index in [1.165, 1.54) is 6.26 Å². The molecule has 0 aliphatic heterocycles. The molecule has 2 aromatic rings. The lowest BCUT2D eigenvalue weighted by atomic mass is 10.2. The summed E-state index contributed by atoms with van der Waals surface area (Å²) in [6.45, 7) is 2.01. The van der Waals surface area contributed by atoms with Crippen molar-refractivity contribution in [1.82, 2.24) is 9.97 Å². The number of rotatable bonds is 4. The van der Waals surface area contributed by atoms with Crippen molar-refractivity contribution in [2.75, 3.05) is 6.26 Å². The van der Waals surface area contributed by atoms with Gasteiger partial charge in [-0.1, -0.05) is 13.0 Å². The number of fused-ring (bicyclic) bond motifs is 1. The second-order valence-corrected chi connectivity index (χ2v) is 6.46. The summed E-state index contributed by atoms with van der Waals surface area (Å²) in [6, 6.07) is 5.13. The molecule has 18 heavy (non-hydrogen) atoms. The molecule has 1 heterocycles. The fraction of sp³-hybridized carbons (Fsp3) is 0.417. The molecule has 6 heteroatoms. The number of nitrogens with zero attached hydrogens (tertiary/aromatic N) is 1. The molecule has 0 amide bonds. The molecule has 0 bridgehead atoms. The molecule has 0 spiro atoms. The summed E-state index contributed by atoms with van der Waals surface area (Å²) in [6.07, 6.45) is 2.66. The molecule has 1 unspecified atom stereocenters. The van der Waals surface area contributed by atoms with Crippen molar-refractivity contribution in [2.45, 2.75) is 30.7 Å². The summed E-state index contributed by atoms with van der Waals surface area (Å²) in [7, 11) is -3.26. The maximum Gasteiger partial charge on any atom is 0.177 e. The van der Waals surface area contributed by atoms with E-state index in [1.807, 2.05) is 13.0 Å². The van der Waals surface area contributed by atoms with Gasteiger partial charge in [-0.2, -0.15) is 0 Å². The highest BCUT2D eigenvalue weighted by Crippen LogP contribution is 2.21. The molecule has 0 aliphatic rings. The van der Waals surface area contributed by atoms with Crippen LogP contribution in [0.25, 0.3) is 11.0 Å². The molecule has 5 nitrogen and oxygen atoms in total. The van der Waals surface area contributed by atoms with Crippen molar-refractivity contribution in [3.05, 3.63) is 24.0 Å². The van der Waals surface area contributed by atoms with Crippen LogP contribution in [-0.2, 0) is 16.3 Å². The standard InChI is InChI=1S/C12H17N3O2S/c1-3-8(13)7-11-14-9-5-4-6-10(12(9)15-11)18(2,16)17/h4-6,8H,3,7,13H2,1-2H3,(H,14,15). The van der Waals surface area contributed by atoms with Gasteiger partial charge in [0, 0.05) is 18.7 Å². The Hall–Kier alpha value is -1.40. The first-order valence-electron chi connectivity index (χ1n) is 5.85. The van der Waals surface area contributed by atoms with E-state index >= 15 is 0 Å². The summed E-state index contributed by atoms with van der Waals surface area (Å²) < 4.78 is 23.3. The fourth-order valence-electron chi connectivity index (χ4n) is 1.85. The number of aromatic nitrogens is 2. The highest BCUT2D eigenvalue weighted by atomic mass is 32.2. The Morgan fingerprint density at radius 1 is 1.44 bits per heavy atom. The average Bonchev–Trinajstić information content (AvgIpc) is 2.68. The molecule has 0 aliphatic carbocycles. The van der Waals surface area contributed by atoms with Gasteiger partial charge in [0.25, 0.3) is 0 Å². The fourth-order valence-corrected chi connectivity index (χ4v) is 2.68. The molecule has 0 saturated heterocycles. The maximum absolute atomic E-state index is 11.7. The lowest BCUT2D eigenvalue weighted by Crippen LogP contribution is -2.21. The Labute approximate surface area is 106 Å². The zero-order valence-electron chi connectivity index (χ0n) is 10.5. The normalized spacial score (nSPS) is 13.9. The van der Waals surface area contributed by atoms with Gasteiger partial charge in [-0.15, -0.1) is 0 Å². The Balaban J connectivity index is 2.52. The predicted octanol–water partition coefficient (Wildman–Crippen LogP) is 1.25. The van der Waals surface area contributed by atoms with Crippen LogP contribution < -0.4 is 5.73 Å². The quantitative estimate of drug-likeness (QED) is 0.872. The smallest absolute Gasteiger partial charge is 0.177 e. The molecular weight excluding hydrogens is 250 g/mol. The van der Waals surface area contributed by atoms with Gasteiger partial charge in [0.2, 0.25) is 0 Å². The lowest BCUT2D eigenvalue weighted by molar-refractivity contribution is 0.602. The first-order valence-corrected chi connectivity index (χ1v) is 7.74. The monoisotopic (exact) mass is 267 g/mol. The van der Waals surface area contributed by atoms with E-state index in [2.05, 4.69) is 9.97 Å². The van der Waals surface area contributed by atoms with Crippen LogP contribution in [0.15, 0.2) is 23.1 Å². The van der Waals surface area contributed by atoms with E-state index < -0.39 is 9.84 Å². The minimum Gasteiger partial charge on any atom is -0.342 e. The number of sulfone groups is 1. The topological polar surface area (TPSA) is 88.8 Å². The average molecular weight is 267 g/mol. The third-order valence-electron chi connectivity index (χ3n) is 2.90. The first kappa shape index (κ1) is 13.0. The van der Waals surface area contributed by atoms with Crippen molar-refractivity contribution in [1.29, 1.82) is 0 Å². The van der Waals surface area contributed by atoms with Crippen LogP contribution >= 0.6 is 0 Å². The van der Waals surface area contributed by atoms with E-state index in [0.29, 0.717) is 11.9 Å². The summed E-state index contributed by atoms with van der Waals surface area (Å²) in [4.78, 5) is 7.73. The number of nitrogens with two attached hydrogens (primary N) is 1. The number of hydrogen-bond donors (Lipinski definition) is 2. The van der Waals surface area contributed by atoms with Gasteiger partial charge in [-0.25, -0.2) is 13.4 Å². The molecule has 2 rings (SSSR count). The van der Waals surface area contributed by atoms with E-state index in [9.17, 15) is 8.42 Å². The van der Waals surface area contributed by atoms with E-state index in [1.54, 1.807) is 12.1 Å². The third kappa shape index (κ3) is 2.54. The molecule has 3 N–H and O–H groups in total.